The summed E-state index contributed by atoms with van der Waals surface area (Å²) in [6.45, 7) is 2.45. The predicted octanol–water partition coefficient (Wildman–Crippen LogP) is 4.13. The third-order valence-corrected chi connectivity index (χ3v) is 5.03. The molecular formula is C20H20F3N5O4S. The summed E-state index contributed by atoms with van der Waals surface area (Å²) in [6.07, 6.45) is -2.21. The first kappa shape index (κ1) is 24.0. The second-order valence-electron chi connectivity index (χ2n) is 6.72. The number of nitrogens with zero attached hydrogens (tertiary/aromatic N) is 4. The summed E-state index contributed by atoms with van der Waals surface area (Å²) in [7, 11) is 1.61. The Morgan fingerprint density at radius 2 is 2.09 bits per heavy atom. The van der Waals surface area contributed by atoms with Crippen LogP contribution in [-0.2, 0) is 11.3 Å². The van der Waals surface area contributed by atoms with Gasteiger partial charge in [0.1, 0.15) is 16.5 Å². The molecule has 0 unspecified atom stereocenters. The van der Waals surface area contributed by atoms with Crippen molar-refractivity contribution in [2.75, 3.05) is 18.9 Å². The lowest BCUT2D eigenvalue weighted by Gasteiger charge is -2.18. The normalized spacial score (nSPS) is 11.2. The number of nitrogens with one attached hydrogen (secondary N) is 1. The molecule has 176 valence electrons. The molecule has 0 aliphatic heterocycles. The van der Waals surface area contributed by atoms with Crippen LogP contribution in [0.4, 0.5) is 19.0 Å². The maximum absolute atomic E-state index is 13.1. The molecule has 0 aliphatic rings. The number of alkyl halides is 3. The van der Waals surface area contributed by atoms with Crippen molar-refractivity contribution in [1.82, 2.24) is 19.4 Å². The lowest BCUT2D eigenvalue weighted by Crippen LogP contribution is -2.30. The quantitative estimate of drug-likeness (QED) is 0.436. The Bertz CT molecular complexity index is 1100. The van der Waals surface area contributed by atoms with Crippen LogP contribution in [0.2, 0.25) is 0 Å². The van der Waals surface area contributed by atoms with Crippen molar-refractivity contribution in [1.29, 1.82) is 0 Å². The highest BCUT2D eigenvalue weighted by Gasteiger charge is 2.31. The summed E-state index contributed by atoms with van der Waals surface area (Å²) in [5, 5.41) is 4.76. The number of aromatic nitrogens is 3. The SMILES string of the molecule is CCCN(C)C(=O)c1c(NC=O)nc(Oc2cccc(OC(F)(F)F)c2)n1Cc1nccs1. The lowest BCUT2D eigenvalue weighted by molar-refractivity contribution is -0.274. The molecule has 0 saturated heterocycles. The fourth-order valence-electron chi connectivity index (χ4n) is 2.95. The number of carbonyl (C=O) groups excluding carboxylic acids is 2. The Labute approximate surface area is 190 Å². The maximum atomic E-state index is 13.1. The second-order valence-corrected chi connectivity index (χ2v) is 7.70. The molecule has 1 aromatic carbocycles. The van der Waals surface area contributed by atoms with Gasteiger partial charge in [0.05, 0.1) is 6.54 Å². The first-order valence-corrected chi connectivity index (χ1v) is 10.6. The van der Waals surface area contributed by atoms with Gasteiger partial charge in [0, 0.05) is 31.2 Å². The number of imidazole rings is 1. The third-order valence-electron chi connectivity index (χ3n) is 4.26. The van der Waals surface area contributed by atoms with E-state index in [1.165, 1.54) is 32.9 Å². The van der Waals surface area contributed by atoms with Crippen LogP contribution in [0.3, 0.4) is 0 Å². The molecule has 13 heteroatoms. The third kappa shape index (κ3) is 6.22. The molecule has 1 N–H and O–H groups in total. The predicted molar refractivity (Wildman–Crippen MR) is 114 cm³/mol. The Morgan fingerprint density at radius 1 is 1.33 bits per heavy atom. The molecule has 0 aliphatic carbocycles. The van der Waals surface area contributed by atoms with E-state index >= 15 is 0 Å². The fraction of sp³-hybridized carbons (Fsp3) is 0.300. The number of benzene rings is 1. The smallest absolute Gasteiger partial charge is 0.425 e. The molecule has 3 aromatic rings. The number of halogens is 3. The van der Waals surface area contributed by atoms with Crippen LogP contribution in [-0.4, -0.2) is 51.7 Å². The number of rotatable bonds is 10. The van der Waals surface area contributed by atoms with Crippen LogP contribution in [0.5, 0.6) is 17.5 Å². The van der Waals surface area contributed by atoms with E-state index in [9.17, 15) is 22.8 Å². The van der Waals surface area contributed by atoms with Crippen molar-refractivity contribution >= 4 is 29.5 Å². The molecule has 0 fully saturated rings. The van der Waals surface area contributed by atoms with Crippen LogP contribution in [0.15, 0.2) is 35.8 Å². The highest BCUT2D eigenvalue weighted by molar-refractivity contribution is 7.09. The highest BCUT2D eigenvalue weighted by Crippen LogP contribution is 2.32. The van der Waals surface area contributed by atoms with E-state index in [1.807, 2.05) is 6.92 Å². The molecule has 0 atom stereocenters. The Hall–Kier alpha value is -3.61. The van der Waals surface area contributed by atoms with Crippen molar-refractivity contribution in [3.8, 4) is 17.5 Å². The first-order chi connectivity index (χ1) is 15.7. The standard InChI is InChI=1S/C20H20F3N5O4S/c1-3-8-27(2)18(30)16-17(25-12-29)26-19(28(16)11-15-24-7-9-33-15)31-13-5-4-6-14(10-13)32-20(21,22)23/h4-7,9-10,12H,3,8,11H2,1-2H3,(H,25,29). The molecule has 0 spiro atoms. The molecule has 0 bridgehead atoms. The van der Waals surface area contributed by atoms with Gasteiger partial charge in [-0.15, -0.1) is 24.5 Å². The zero-order valence-corrected chi connectivity index (χ0v) is 18.4. The van der Waals surface area contributed by atoms with Crippen molar-refractivity contribution in [3.63, 3.8) is 0 Å². The van der Waals surface area contributed by atoms with E-state index in [-0.39, 0.29) is 29.8 Å². The van der Waals surface area contributed by atoms with Gasteiger partial charge < -0.3 is 19.7 Å². The van der Waals surface area contributed by atoms with Gasteiger partial charge in [0.15, 0.2) is 11.5 Å². The molecule has 0 saturated carbocycles. The first-order valence-electron chi connectivity index (χ1n) is 9.70. The Kier molecular flexibility index (Phi) is 7.53. The summed E-state index contributed by atoms with van der Waals surface area (Å²) >= 11 is 1.33. The minimum absolute atomic E-state index is 0.0132. The Morgan fingerprint density at radius 3 is 2.73 bits per heavy atom. The molecular weight excluding hydrogens is 463 g/mol. The van der Waals surface area contributed by atoms with E-state index in [2.05, 4.69) is 20.0 Å². The average Bonchev–Trinajstić information content (AvgIpc) is 3.36. The van der Waals surface area contributed by atoms with Crippen molar-refractivity contribution in [2.45, 2.75) is 26.3 Å². The number of ether oxygens (including phenoxy) is 2. The molecule has 3 rings (SSSR count). The zero-order chi connectivity index (χ0) is 24.0. The number of thiazole rings is 1. The van der Waals surface area contributed by atoms with Gasteiger partial charge in [0.25, 0.3) is 5.91 Å². The maximum Gasteiger partial charge on any atom is 0.573 e. The van der Waals surface area contributed by atoms with Crippen molar-refractivity contribution in [3.05, 3.63) is 46.5 Å². The van der Waals surface area contributed by atoms with Crippen LogP contribution >= 0.6 is 11.3 Å². The number of hydrogen-bond donors (Lipinski definition) is 1. The summed E-state index contributed by atoms with van der Waals surface area (Å²) in [5.41, 5.74) is 0.0472. The van der Waals surface area contributed by atoms with E-state index in [1.54, 1.807) is 18.6 Å². The van der Waals surface area contributed by atoms with Gasteiger partial charge in [0.2, 0.25) is 6.41 Å². The summed E-state index contributed by atoms with van der Waals surface area (Å²) < 4.78 is 48.8. The van der Waals surface area contributed by atoms with E-state index in [0.29, 0.717) is 24.4 Å². The van der Waals surface area contributed by atoms with E-state index in [4.69, 9.17) is 4.74 Å². The molecule has 9 nitrogen and oxygen atoms in total. The molecule has 2 amide bonds. The van der Waals surface area contributed by atoms with E-state index < -0.39 is 18.0 Å². The van der Waals surface area contributed by atoms with Gasteiger partial charge in [-0.05, 0) is 18.6 Å². The molecule has 2 aromatic heterocycles. The molecule has 33 heavy (non-hydrogen) atoms. The minimum atomic E-state index is -4.87. The molecule has 0 radical (unpaired) electrons. The van der Waals surface area contributed by atoms with Gasteiger partial charge in [-0.25, -0.2) is 4.98 Å². The van der Waals surface area contributed by atoms with Crippen molar-refractivity contribution < 1.29 is 32.2 Å². The average molecular weight is 483 g/mol. The van der Waals surface area contributed by atoms with Gasteiger partial charge in [-0.2, -0.15) is 4.98 Å². The fourth-order valence-corrected chi connectivity index (χ4v) is 3.56. The zero-order valence-electron chi connectivity index (χ0n) is 17.6. The monoisotopic (exact) mass is 483 g/mol. The van der Waals surface area contributed by atoms with Crippen LogP contribution < -0.4 is 14.8 Å². The number of hydrogen-bond acceptors (Lipinski definition) is 7. The second kappa shape index (κ2) is 10.3. The van der Waals surface area contributed by atoms with Gasteiger partial charge >= 0.3 is 12.4 Å². The topological polar surface area (TPSA) is 98.6 Å². The van der Waals surface area contributed by atoms with Crippen LogP contribution in [0.1, 0.15) is 28.8 Å². The molecule has 2 heterocycles. The highest BCUT2D eigenvalue weighted by atomic mass is 32.1. The minimum Gasteiger partial charge on any atom is -0.425 e. The van der Waals surface area contributed by atoms with Crippen molar-refractivity contribution in [2.24, 2.45) is 0 Å². The van der Waals surface area contributed by atoms with Crippen LogP contribution in [0.25, 0.3) is 0 Å². The number of carbonyl (C=O) groups is 2. The number of anilines is 1. The lowest BCUT2D eigenvalue weighted by atomic mass is 10.3. The Balaban J connectivity index is 2.05. The van der Waals surface area contributed by atoms with Crippen LogP contribution in [0, 0.1) is 0 Å². The summed E-state index contributed by atoms with van der Waals surface area (Å²) in [5.74, 6) is -0.967. The summed E-state index contributed by atoms with van der Waals surface area (Å²) in [6, 6.07) is 4.76. The summed E-state index contributed by atoms with van der Waals surface area (Å²) in [4.78, 5) is 34.2. The largest absolute Gasteiger partial charge is 0.573 e. The van der Waals surface area contributed by atoms with Gasteiger partial charge in [-0.1, -0.05) is 13.0 Å². The number of amides is 2. The van der Waals surface area contributed by atoms with E-state index in [0.717, 1.165) is 12.1 Å². The van der Waals surface area contributed by atoms with Gasteiger partial charge in [-0.3, -0.25) is 14.2 Å².